The van der Waals surface area contributed by atoms with Gasteiger partial charge in [-0.05, 0) is 23.8 Å². The van der Waals surface area contributed by atoms with Gasteiger partial charge in [0.1, 0.15) is 0 Å². The molecule has 1 rings (SSSR count). The summed E-state index contributed by atoms with van der Waals surface area (Å²) in [4.78, 5) is 0. The first-order chi connectivity index (χ1) is 7.66. The van der Waals surface area contributed by atoms with Gasteiger partial charge in [0.05, 0.1) is 11.7 Å². The number of hydrogen-bond donors (Lipinski definition) is 2. The third-order valence-corrected chi connectivity index (χ3v) is 2.73. The summed E-state index contributed by atoms with van der Waals surface area (Å²) in [6.45, 7) is 0. The van der Waals surface area contributed by atoms with Crippen LogP contribution in [0.25, 0.3) is 6.08 Å². The molecule has 0 heterocycles. The molecule has 0 aliphatic heterocycles. The third kappa shape index (κ3) is 7.85. The number of nitrogens with one attached hydrogen (secondary N) is 1. The molecule has 0 spiro atoms. The van der Waals surface area contributed by atoms with E-state index >= 15 is 0 Å². The van der Waals surface area contributed by atoms with E-state index in [0.29, 0.717) is 16.7 Å². The SMILES string of the molecule is CS(=O)(=O)Nc1ccc(/C=C/S(=O)(=O)O)cc1.[NaH]. The quantitative estimate of drug-likeness (QED) is 0.614. The fraction of sp³-hybridized carbons (Fsp3) is 0.111. The van der Waals surface area contributed by atoms with Crippen LogP contribution in [0, 0.1) is 0 Å². The zero-order valence-corrected chi connectivity index (χ0v) is 10.5. The topological polar surface area (TPSA) is 101 Å². The average molecular weight is 301 g/mol. The van der Waals surface area contributed by atoms with E-state index in [-0.39, 0.29) is 29.6 Å². The van der Waals surface area contributed by atoms with Crippen molar-refractivity contribution in [1.29, 1.82) is 0 Å². The Balaban J connectivity index is 0.00000289. The van der Waals surface area contributed by atoms with E-state index in [0.717, 1.165) is 6.26 Å². The van der Waals surface area contributed by atoms with Crippen LogP contribution in [0.15, 0.2) is 29.7 Å². The Bertz CT molecular complexity index is 619. The zero-order valence-electron chi connectivity index (χ0n) is 8.86. The van der Waals surface area contributed by atoms with Gasteiger partial charge < -0.3 is 0 Å². The van der Waals surface area contributed by atoms with Gasteiger partial charge in [-0.15, -0.1) is 0 Å². The molecule has 1 aromatic carbocycles. The molecule has 0 saturated heterocycles. The van der Waals surface area contributed by atoms with Gasteiger partial charge in [-0.1, -0.05) is 12.1 Å². The Hall–Kier alpha value is -0.380. The summed E-state index contributed by atoms with van der Waals surface area (Å²) in [5.74, 6) is 0. The molecular formula is C9H12NNaO5S2. The molecule has 0 saturated carbocycles. The summed E-state index contributed by atoms with van der Waals surface area (Å²) in [6, 6.07) is 5.97. The van der Waals surface area contributed by atoms with Crippen molar-refractivity contribution in [2.24, 2.45) is 0 Å². The number of sulfonamides is 1. The predicted molar refractivity (Wildman–Crippen MR) is 72.6 cm³/mol. The standard InChI is InChI=1S/C9H11NO5S2.Na.H/c1-16(11,12)10-9-4-2-8(3-5-9)6-7-17(13,14)15;;/h2-7,10H,1H3,(H,13,14,15);;/b7-6+;;. The molecule has 0 unspecified atom stereocenters. The average Bonchev–Trinajstić information content (AvgIpc) is 2.13. The molecule has 0 radical (unpaired) electrons. The van der Waals surface area contributed by atoms with Crippen LogP contribution in [0.5, 0.6) is 0 Å². The normalized spacial score (nSPS) is 12.1. The minimum atomic E-state index is -4.15. The van der Waals surface area contributed by atoms with Gasteiger partial charge in [-0.3, -0.25) is 9.27 Å². The van der Waals surface area contributed by atoms with Crippen LogP contribution >= 0.6 is 0 Å². The van der Waals surface area contributed by atoms with Crippen molar-refractivity contribution in [1.82, 2.24) is 0 Å². The van der Waals surface area contributed by atoms with Crippen LogP contribution in [0.2, 0.25) is 0 Å². The number of anilines is 1. The Morgan fingerprint density at radius 2 is 1.61 bits per heavy atom. The fourth-order valence-electron chi connectivity index (χ4n) is 1.04. The molecule has 0 bridgehead atoms. The van der Waals surface area contributed by atoms with E-state index in [9.17, 15) is 16.8 Å². The molecule has 18 heavy (non-hydrogen) atoms. The second kappa shape index (κ2) is 6.69. The molecule has 0 aromatic heterocycles. The first-order valence-corrected chi connectivity index (χ1v) is 7.79. The van der Waals surface area contributed by atoms with Crippen molar-refractivity contribution in [3.8, 4) is 0 Å². The van der Waals surface area contributed by atoms with E-state index in [1.54, 1.807) is 0 Å². The Kier molecular flexibility index (Phi) is 6.55. The summed E-state index contributed by atoms with van der Waals surface area (Å²) < 4.78 is 53.4. The fourth-order valence-corrected chi connectivity index (χ4v) is 1.93. The molecule has 1 aromatic rings. The maximum absolute atomic E-state index is 10.9. The first-order valence-electron chi connectivity index (χ1n) is 4.39. The molecule has 0 amide bonds. The van der Waals surface area contributed by atoms with Crippen molar-refractivity contribution < 1.29 is 21.4 Å². The van der Waals surface area contributed by atoms with E-state index in [4.69, 9.17) is 4.55 Å². The van der Waals surface area contributed by atoms with Crippen molar-refractivity contribution in [3.05, 3.63) is 35.2 Å². The van der Waals surface area contributed by atoms with Crippen LogP contribution in [-0.4, -0.2) is 57.2 Å². The second-order valence-corrected chi connectivity index (χ2v) is 6.36. The maximum atomic E-state index is 10.9. The van der Waals surface area contributed by atoms with Crippen molar-refractivity contribution in [2.75, 3.05) is 11.0 Å². The molecular weight excluding hydrogens is 289 g/mol. The van der Waals surface area contributed by atoms with E-state index in [1.165, 1.54) is 30.3 Å². The summed E-state index contributed by atoms with van der Waals surface area (Å²) in [7, 11) is -7.48. The van der Waals surface area contributed by atoms with Crippen LogP contribution in [-0.2, 0) is 20.1 Å². The van der Waals surface area contributed by atoms with Crippen LogP contribution in [0.3, 0.4) is 0 Å². The van der Waals surface area contributed by atoms with Gasteiger partial charge >= 0.3 is 29.6 Å². The van der Waals surface area contributed by atoms with Crippen LogP contribution in [0.4, 0.5) is 5.69 Å². The van der Waals surface area contributed by atoms with Crippen molar-refractivity contribution in [3.63, 3.8) is 0 Å². The van der Waals surface area contributed by atoms with Crippen LogP contribution < -0.4 is 4.72 Å². The van der Waals surface area contributed by atoms with Gasteiger partial charge in [0.2, 0.25) is 10.0 Å². The monoisotopic (exact) mass is 301 g/mol. The number of hydrogen-bond acceptors (Lipinski definition) is 4. The third-order valence-electron chi connectivity index (χ3n) is 1.65. The zero-order chi connectivity index (χ0) is 13.1. The molecule has 9 heteroatoms. The number of rotatable bonds is 4. The van der Waals surface area contributed by atoms with Crippen molar-refractivity contribution >= 4 is 61.5 Å². The van der Waals surface area contributed by atoms with E-state index in [2.05, 4.69) is 4.72 Å². The van der Waals surface area contributed by atoms with Gasteiger partial charge in [0.15, 0.2) is 0 Å². The molecule has 0 fully saturated rings. The van der Waals surface area contributed by atoms with Gasteiger partial charge in [-0.2, -0.15) is 8.42 Å². The Morgan fingerprint density at radius 1 is 1.11 bits per heavy atom. The van der Waals surface area contributed by atoms with E-state index in [1.807, 2.05) is 0 Å². The van der Waals surface area contributed by atoms with Crippen LogP contribution in [0.1, 0.15) is 5.56 Å². The van der Waals surface area contributed by atoms with Gasteiger partial charge in [-0.25, -0.2) is 8.42 Å². The molecule has 0 aliphatic carbocycles. The van der Waals surface area contributed by atoms with E-state index < -0.39 is 20.1 Å². The Labute approximate surface area is 128 Å². The van der Waals surface area contributed by atoms with Gasteiger partial charge in [0, 0.05) is 5.69 Å². The summed E-state index contributed by atoms with van der Waals surface area (Å²) in [6.07, 6.45) is 2.22. The second-order valence-electron chi connectivity index (χ2n) is 3.31. The minimum absolute atomic E-state index is 0. The summed E-state index contributed by atoms with van der Waals surface area (Å²) in [5.41, 5.74) is 0.887. The summed E-state index contributed by atoms with van der Waals surface area (Å²) in [5, 5.41) is 0.645. The predicted octanol–water partition coefficient (Wildman–Crippen LogP) is 0.268. The Morgan fingerprint density at radius 3 is 2.00 bits per heavy atom. The van der Waals surface area contributed by atoms with Gasteiger partial charge in [0.25, 0.3) is 10.1 Å². The molecule has 6 nitrogen and oxygen atoms in total. The molecule has 96 valence electrons. The molecule has 0 atom stereocenters. The van der Waals surface area contributed by atoms with Crippen molar-refractivity contribution in [2.45, 2.75) is 0 Å². The summed E-state index contributed by atoms with van der Waals surface area (Å²) >= 11 is 0. The molecule has 2 N–H and O–H groups in total. The molecule has 0 aliphatic rings. The first kappa shape index (κ1) is 17.6. The number of benzene rings is 1.